The van der Waals surface area contributed by atoms with E-state index in [1.165, 1.54) is 5.56 Å². The van der Waals surface area contributed by atoms with Gasteiger partial charge in [-0.15, -0.1) is 0 Å². The molecule has 1 aromatic carbocycles. The molecular weight excluding hydrogens is 162 g/mol. The Morgan fingerprint density at radius 3 is 2.85 bits per heavy atom. The lowest BCUT2D eigenvalue weighted by atomic mass is 10.0. The number of fused-ring (bicyclic) bond motifs is 1. The average Bonchev–Trinajstić information content (AvgIpc) is 2.42. The van der Waals surface area contributed by atoms with Crippen LogP contribution in [0.15, 0.2) is 18.2 Å². The van der Waals surface area contributed by atoms with Gasteiger partial charge in [0.15, 0.2) is 6.23 Å². The smallest absolute Gasteiger partial charge is 0.167 e. The van der Waals surface area contributed by atoms with Crippen molar-refractivity contribution < 1.29 is 4.74 Å². The third-order valence-corrected chi connectivity index (χ3v) is 2.33. The summed E-state index contributed by atoms with van der Waals surface area (Å²) in [7, 11) is 0. The maximum atomic E-state index is 5.53. The van der Waals surface area contributed by atoms with Gasteiger partial charge in [0.25, 0.3) is 0 Å². The molecule has 2 nitrogen and oxygen atoms in total. The first-order valence-corrected chi connectivity index (χ1v) is 4.74. The average molecular weight is 177 g/mol. The van der Waals surface area contributed by atoms with E-state index in [1.807, 2.05) is 13.0 Å². The van der Waals surface area contributed by atoms with E-state index in [0.29, 0.717) is 5.92 Å². The zero-order chi connectivity index (χ0) is 9.42. The standard InChI is InChI=1S/C11H15NO/c1-7(2)9-4-5-11-10(6-9)12-8(3)13-11/h4-8,12H,1-3H3. The summed E-state index contributed by atoms with van der Waals surface area (Å²) in [6, 6.07) is 6.34. The minimum absolute atomic E-state index is 0.109. The van der Waals surface area contributed by atoms with Crippen LogP contribution in [0.5, 0.6) is 5.75 Å². The number of hydrogen-bond acceptors (Lipinski definition) is 2. The second-order valence-corrected chi connectivity index (χ2v) is 3.81. The second-order valence-electron chi connectivity index (χ2n) is 3.81. The predicted molar refractivity (Wildman–Crippen MR) is 54.2 cm³/mol. The summed E-state index contributed by atoms with van der Waals surface area (Å²) < 4.78 is 5.53. The highest BCUT2D eigenvalue weighted by Gasteiger charge is 2.17. The van der Waals surface area contributed by atoms with Crippen LogP contribution in [0.25, 0.3) is 0 Å². The largest absolute Gasteiger partial charge is 0.469 e. The molecule has 1 unspecified atom stereocenters. The second kappa shape index (κ2) is 2.95. The van der Waals surface area contributed by atoms with E-state index in [1.54, 1.807) is 0 Å². The van der Waals surface area contributed by atoms with Crippen LogP contribution in [0.2, 0.25) is 0 Å². The highest BCUT2D eigenvalue weighted by Crippen LogP contribution is 2.34. The summed E-state index contributed by atoms with van der Waals surface area (Å²) in [4.78, 5) is 0. The van der Waals surface area contributed by atoms with Gasteiger partial charge in [0, 0.05) is 0 Å². The van der Waals surface area contributed by atoms with Gasteiger partial charge >= 0.3 is 0 Å². The van der Waals surface area contributed by atoms with Crippen LogP contribution in [0.3, 0.4) is 0 Å². The topological polar surface area (TPSA) is 21.3 Å². The molecule has 0 saturated carbocycles. The van der Waals surface area contributed by atoms with E-state index in [0.717, 1.165) is 11.4 Å². The Morgan fingerprint density at radius 2 is 2.15 bits per heavy atom. The fourth-order valence-corrected chi connectivity index (χ4v) is 1.56. The van der Waals surface area contributed by atoms with Crippen LogP contribution in [0.4, 0.5) is 5.69 Å². The number of anilines is 1. The minimum atomic E-state index is 0.109. The lowest BCUT2D eigenvalue weighted by Gasteiger charge is -2.05. The van der Waals surface area contributed by atoms with Crippen molar-refractivity contribution in [3.8, 4) is 5.75 Å². The van der Waals surface area contributed by atoms with Crippen molar-refractivity contribution in [2.45, 2.75) is 32.9 Å². The first-order chi connectivity index (χ1) is 6.16. The van der Waals surface area contributed by atoms with Crippen LogP contribution in [0, 0.1) is 0 Å². The molecule has 1 aliphatic heterocycles. The summed E-state index contributed by atoms with van der Waals surface area (Å²) in [6.07, 6.45) is 0.109. The van der Waals surface area contributed by atoms with Crippen molar-refractivity contribution in [1.82, 2.24) is 0 Å². The van der Waals surface area contributed by atoms with E-state index in [-0.39, 0.29) is 6.23 Å². The molecule has 1 aliphatic rings. The normalized spacial score (nSPS) is 19.5. The minimum Gasteiger partial charge on any atom is -0.469 e. The summed E-state index contributed by atoms with van der Waals surface area (Å²) in [5.41, 5.74) is 2.47. The molecule has 1 atom stereocenters. The molecule has 0 aliphatic carbocycles. The van der Waals surface area contributed by atoms with Crippen LogP contribution in [-0.4, -0.2) is 6.23 Å². The molecular formula is C11H15NO. The van der Waals surface area contributed by atoms with Gasteiger partial charge in [0.1, 0.15) is 5.75 Å². The van der Waals surface area contributed by atoms with Crippen molar-refractivity contribution in [2.75, 3.05) is 5.32 Å². The van der Waals surface area contributed by atoms with Gasteiger partial charge in [0.2, 0.25) is 0 Å². The van der Waals surface area contributed by atoms with Crippen molar-refractivity contribution >= 4 is 5.69 Å². The number of benzene rings is 1. The number of ether oxygens (including phenoxy) is 1. The molecule has 0 bridgehead atoms. The molecule has 2 rings (SSSR count). The molecule has 0 radical (unpaired) electrons. The Balaban J connectivity index is 2.35. The first kappa shape index (κ1) is 8.42. The summed E-state index contributed by atoms with van der Waals surface area (Å²) in [5.74, 6) is 1.54. The molecule has 2 heteroatoms. The van der Waals surface area contributed by atoms with Gasteiger partial charge in [-0.3, -0.25) is 0 Å². The van der Waals surface area contributed by atoms with Crippen LogP contribution in [-0.2, 0) is 0 Å². The summed E-state index contributed by atoms with van der Waals surface area (Å²) in [5, 5.41) is 3.27. The maximum Gasteiger partial charge on any atom is 0.167 e. The lowest BCUT2D eigenvalue weighted by molar-refractivity contribution is 0.275. The van der Waals surface area contributed by atoms with Gasteiger partial charge < -0.3 is 10.1 Å². The molecule has 1 N–H and O–H groups in total. The van der Waals surface area contributed by atoms with Crippen molar-refractivity contribution in [3.05, 3.63) is 23.8 Å². The van der Waals surface area contributed by atoms with E-state index in [9.17, 15) is 0 Å². The molecule has 0 spiro atoms. The molecule has 13 heavy (non-hydrogen) atoms. The van der Waals surface area contributed by atoms with Crippen LogP contribution < -0.4 is 10.1 Å². The number of hydrogen-bond donors (Lipinski definition) is 1. The molecule has 70 valence electrons. The molecule has 1 heterocycles. The Hall–Kier alpha value is -1.18. The third-order valence-electron chi connectivity index (χ3n) is 2.33. The van der Waals surface area contributed by atoms with Crippen LogP contribution in [0.1, 0.15) is 32.3 Å². The van der Waals surface area contributed by atoms with E-state index < -0.39 is 0 Å². The molecule has 0 amide bonds. The van der Waals surface area contributed by atoms with E-state index in [4.69, 9.17) is 4.74 Å². The lowest BCUT2D eigenvalue weighted by Crippen LogP contribution is -2.13. The first-order valence-electron chi connectivity index (χ1n) is 4.74. The fraction of sp³-hybridized carbons (Fsp3) is 0.455. The summed E-state index contributed by atoms with van der Waals surface area (Å²) in [6.45, 7) is 6.40. The maximum absolute atomic E-state index is 5.53. The highest BCUT2D eigenvalue weighted by atomic mass is 16.5. The predicted octanol–water partition coefficient (Wildman–Crippen LogP) is 2.96. The third kappa shape index (κ3) is 1.48. The SMILES string of the molecule is CC1Nc2cc(C(C)C)ccc2O1. The number of rotatable bonds is 1. The number of nitrogens with one attached hydrogen (secondary N) is 1. The van der Waals surface area contributed by atoms with Crippen molar-refractivity contribution in [2.24, 2.45) is 0 Å². The van der Waals surface area contributed by atoms with E-state index >= 15 is 0 Å². The van der Waals surface area contributed by atoms with Gasteiger partial charge in [-0.1, -0.05) is 19.9 Å². The van der Waals surface area contributed by atoms with Crippen molar-refractivity contribution in [3.63, 3.8) is 0 Å². The Morgan fingerprint density at radius 1 is 1.38 bits per heavy atom. The Bertz CT molecular complexity index is 320. The van der Waals surface area contributed by atoms with Crippen LogP contribution >= 0.6 is 0 Å². The molecule has 0 saturated heterocycles. The Kier molecular flexibility index (Phi) is 1.91. The summed E-state index contributed by atoms with van der Waals surface area (Å²) >= 11 is 0. The molecule has 0 aromatic heterocycles. The molecule has 1 aromatic rings. The quantitative estimate of drug-likeness (QED) is 0.712. The van der Waals surface area contributed by atoms with Gasteiger partial charge in [0.05, 0.1) is 5.69 Å². The van der Waals surface area contributed by atoms with Gasteiger partial charge in [-0.05, 0) is 30.5 Å². The highest BCUT2D eigenvalue weighted by molar-refractivity contribution is 5.61. The van der Waals surface area contributed by atoms with Gasteiger partial charge in [-0.25, -0.2) is 0 Å². The Labute approximate surface area is 78.9 Å². The molecule has 0 fully saturated rings. The zero-order valence-electron chi connectivity index (χ0n) is 8.29. The fourth-order valence-electron chi connectivity index (χ4n) is 1.56. The van der Waals surface area contributed by atoms with Crippen molar-refractivity contribution in [1.29, 1.82) is 0 Å². The monoisotopic (exact) mass is 177 g/mol. The zero-order valence-corrected chi connectivity index (χ0v) is 8.29. The van der Waals surface area contributed by atoms with E-state index in [2.05, 4.69) is 31.3 Å². The van der Waals surface area contributed by atoms with Gasteiger partial charge in [-0.2, -0.15) is 0 Å².